The second-order valence-corrected chi connectivity index (χ2v) is 3.07. The Labute approximate surface area is 88.5 Å². The van der Waals surface area contributed by atoms with Crippen molar-refractivity contribution in [2.24, 2.45) is 0 Å². The molecule has 1 heterocycles. The molecule has 0 atom stereocenters. The third-order valence-corrected chi connectivity index (χ3v) is 2.10. The third-order valence-electron chi connectivity index (χ3n) is 1.91. The van der Waals surface area contributed by atoms with Crippen molar-refractivity contribution in [3.63, 3.8) is 0 Å². The molecule has 15 heavy (non-hydrogen) atoms. The lowest BCUT2D eigenvalue weighted by atomic mass is 10.1. The summed E-state index contributed by atoms with van der Waals surface area (Å²) in [5.74, 6) is 0.314. The molecule has 0 aromatic heterocycles. The van der Waals surface area contributed by atoms with Gasteiger partial charge < -0.3 is 9.47 Å². The highest BCUT2D eigenvalue weighted by molar-refractivity contribution is 6.68. The molecule has 0 spiro atoms. The van der Waals surface area contributed by atoms with E-state index < -0.39 is 10.2 Å². The molecule has 1 aromatic rings. The molecule has 0 radical (unpaired) electrons. The number of ether oxygens (including phenoxy) is 2. The fraction of sp³-hybridized carbons (Fsp3) is 0.125. The molecule has 0 unspecified atom stereocenters. The molecule has 2 rings (SSSR count). The first kappa shape index (κ1) is 9.72. The maximum absolute atomic E-state index is 11.1. The van der Waals surface area contributed by atoms with Gasteiger partial charge in [0.2, 0.25) is 6.79 Å². The van der Waals surface area contributed by atoms with E-state index in [1.807, 2.05) is 0 Å². The van der Waals surface area contributed by atoms with Gasteiger partial charge in [-0.15, -0.1) is 0 Å². The minimum Gasteiger partial charge on any atom is -0.454 e. The molecule has 0 saturated heterocycles. The van der Waals surface area contributed by atoms with Crippen molar-refractivity contribution in [1.82, 2.24) is 0 Å². The van der Waals surface area contributed by atoms with Gasteiger partial charge in [-0.1, -0.05) is 0 Å². The molecule has 0 N–H and O–H groups in total. The molecular weight excluding hydrogens is 226 g/mol. The van der Waals surface area contributed by atoms with Crippen LogP contribution in [0.15, 0.2) is 12.1 Å². The van der Waals surface area contributed by atoms with Gasteiger partial charge in [0.1, 0.15) is 0 Å². The summed E-state index contributed by atoms with van der Waals surface area (Å²) in [7, 11) is 0. The zero-order chi connectivity index (χ0) is 11.0. The SMILES string of the molecule is O=C(Cl)c1c([N+](=O)[O-])ccc2c1OCO2. The molecular formula is C8H4ClNO5. The maximum atomic E-state index is 11.1. The Morgan fingerprint density at radius 2 is 2.20 bits per heavy atom. The summed E-state index contributed by atoms with van der Waals surface area (Å²) in [5.41, 5.74) is -0.657. The highest BCUT2D eigenvalue weighted by Gasteiger charge is 2.30. The van der Waals surface area contributed by atoms with E-state index in [-0.39, 0.29) is 29.5 Å². The van der Waals surface area contributed by atoms with Crippen molar-refractivity contribution in [2.75, 3.05) is 6.79 Å². The van der Waals surface area contributed by atoms with Gasteiger partial charge in [-0.3, -0.25) is 14.9 Å². The summed E-state index contributed by atoms with van der Waals surface area (Å²) >= 11 is 5.26. The fourth-order valence-corrected chi connectivity index (χ4v) is 1.49. The van der Waals surface area contributed by atoms with Crippen LogP contribution in [-0.4, -0.2) is 17.0 Å². The van der Waals surface area contributed by atoms with Gasteiger partial charge >= 0.3 is 0 Å². The van der Waals surface area contributed by atoms with E-state index in [9.17, 15) is 14.9 Å². The highest BCUT2D eigenvalue weighted by atomic mass is 35.5. The first-order chi connectivity index (χ1) is 7.11. The molecule has 0 aliphatic carbocycles. The molecule has 0 saturated carbocycles. The van der Waals surface area contributed by atoms with Gasteiger partial charge in [-0.05, 0) is 17.7 Å². The van der Waals surface area contributed by atoms with E-state index in [0.717, 1.165) is 6.07 Å². The number of nitrogens with zero attached hydrogens (tertiary/aromatic N) is 1. The predicted octanol–water partition coefficient (Wildman–Crippen LogP) is 1.70. The zero-order valence-electron chi connectivity index (χ0n) is 7.23. The topological polar surface area (TPSA) is 78.7 Å². The molecule has 1 aromatic carbocycles. The fourth-order valence-electron chi connectivity index (χ4n) is 1.30. The van der Waals surface area contributed by atoms with Crippen molar-refractivity contribution in [3.05, 3.63) is 27.8 Å². The Hall–Kier alpha value is -1.82. The summed E-state index contributed by atoms with van der Waals surface area (Å²) in [6, 6.07) is 2.52. The van der Waals surface area contributed by atoms with Crippen LogP contribution in [0.25, 0.3) is 0 Å². The second kappa shape index (κ2) is 3.39. The minimum absolute atomic E-state index is 0.0317. The number of rotatable bonds is 2. The van der Waals surface area contributed by atoms with Crippen LogP contribution in [0, 0.1) is 10.1 Å². The number of nitro benzene ring substituents is 1. The van der Waals surface area contributed by atoms with Crippen LogP contribution >= 0.6 is 11.6 Å². The Balaban J connectivity index is 2.69. The van der Waals surface area contributed by atoms with Crippen molar-refractivity contribution in [2.45, 2.75) is 0 Å². The molecule has 1 aliphatic heterocycles. The zero-order valence-corrected chi connectivity index (χ0v) is 7.98. The molecule has 0 fully saturated rings. The van der Waals surface area contributed by atoms with Crippen molar-refractivity contribution in [1.29, 1.82) is 0 Å². The number of nitro groups is 1. The Bertz CT molecular complexity index is 459. The quantitative estimate of drug-likeness (QED) is 0.438. The van der Waals surface area contributed by atoms with E-state index in [4.69, 9.17) is 21.1 Å². The summed E-state index contributed by atoms with van der Waals surface area (Å²) in [5, 5.41) is 9.68. The van der Waals surface area contributed by atoms with Gasteiger partial charge in [0, 0.05) is 6.07 Å². The van der Waals surface area contributed by atoms with Gasteiger partial charge in [0.25, 0.3) is 10.9 Å². The molecule has 78 valence electrons. The third kappa shape index (κ3) is 1.48. The predicted molar refractivity (Wildman–Crippen MR) is 49.4 cm³/mol. The Kier molecular flexibility index (Phi) is 2.20. The average molecular weight is 230 g/mol. The van der Waals surface area contributed by atoms with Crippen LogP contribution in [0.2, 0.25) is 0 Å². The maximum Gasteiger partial charge on any atom is 0.285 e. The second-order valence-electron chi connectivity index (χ2n) is 2.72. The summed E-state index contributed by atoms with van der Waals surface area (Å²) < 4.78 is 9.92. The van der Waals surface area contributed by atoms with E-state index in [1.165, 1.54) is 6.07 Å². The lowest BCUT2D eigenvalue weighted by Crippen LogP contribution is -2.00. The van der Waals surface area contributed by atoms with Crippen molar-refractivity contribution >= 4 is 22.5 Å². The average Bonchev–Trinajstić information content (AvgIpc) is 2.62. The lowest BCUT2D eigenvalue weighted by molar-refractivity contribution is -0.385. The summed E-state index contributed by atoms with van der Waals surface area (Å²) in [6.07, 6.45) is 0. The van der Waals surface area contributed by atoms with Gasteiger partial charge in [-0.25, -0.2) is 0 Å². The number of carbonyl (C=O) groups excluding carboxylic acids is 1. The molecule has 0 amide bonds. The largest absolute Gasteiger partial charge is 0.454 e. The van der Waals surface area contributed by atoms with E-state index in [2.05, 4.69) is 0 Å². The Morgan fingerprint density at radius 3 is 2.80 bits per heavy atom. The number of hydrogen-bond donors (Lipinski definition) is 0. The van der Waals surface area contributed by atoms with Gasteiger partial charge in [0.15, 0.2) is 17.1 Å². The Morgan fingerprint density at radius 1 is 1.47 bits per heavy atom. The minimum atomic E-state index is -0.941. The monoisotopic (exact) mass is 229 g/mol. The summed E-state index contributed by atoms with van der Waals surface area (Å²) in [4.78, 5) is 21.0. The van der Waals surface area contributed by atoms with Crippen LogP contribution in [0.4, 0.5) is 5.69 Å². The molecule has 7 heteroatoms. The van der Waals surface area contributed by atoms with E-state index in [0.29, 0.717) is 0 Å². The number of hydrogen-bond acceptors (Lipinski definition) is 5. The normalized spacial score (nSPS) is 12.6. The van der Waals surface area contributed by atoms with Crippen LogP contribution in [0.5, 0.6) is 11.5 Å². The summed E-state index contributed by atoms with van der Waals surface area (Å²) in [6.45, 7) is -0.0757. The number of benzene rings is 1. The van der Waals surface area contributed by atoms with E-state index >= 15 is 0 Å². The molecule has 1 aliphatic rings. The lowest BCUT2D eigenvalue weighted by Gasteiger charge is -2.01. The first-order valence-corrected chi connectivity index (χ1v) is 4.26. The van der Waals surface area contributed by atoms with Crippen LogP contribution in [-0.2, 0) is 0 Å². The molecule has 6 nitrogen and oxygen atoms in total. The van der Waals surface area contributed by atoms with Crippen molar-refractivity contribution < 1.29 is 19.2 Å². The number of fused-ring (bicyclic) bond motifs is 1. The van der Waals surface area contributed by atoms with Crippen LogP contribution < -0.4 is 9.47 Å². The van der Waals surface area contributed by atoms with Gasteiger partial charge in [0.05, 0.1) is 4.92 Å². The van der Waals surface area contributed by atoms with Crippen LogP contribution in [0.1, 0.15) is 10.4 Å². The van der Waals surface area contributed by atoms with Gasteiger partial charge in [-0.2, -0.15) is 0 Å². The van der Waals surface area contributed by atoms with Crippen molar-refractivity contribution in [3.8, 4) is 11.5 Å². The smallest absolute Gasteiger partial charge is 0.285 e. The molecule has 0 bridgehead atoms. The number of carbonyl (C=O) groups is 1. The first-order valence-electron chi connectivity index (χ1n) is 3.88. The number of halogens is 1. The van der Waals surface area contributed by atoms with E-state index in [1.54, 1.807) is 0 Å². The highest BCUT2D eigenvalue weighted by Crippen LogP contribution is 2.41. The standard InChI is InChI=1S/C8H4ClNO5/c9-8(11)6-4(10(12)13)1-2-5-7(6)15-3-14-5/h1-2H,3H2. The van der Waals surface area contributed by atoms with Crippen LogP contribution in [0.3, 0.4) is 0 Å².